The van der Waals surface area contributed by atoms with Crippen molar-refractivity contribution in [3.05, 3.63) is 11.7 Å². The van der Waals surface area contributed by atoms with E-state index in [1.54, 1.807) is 6.92 Å². The van der Waals surface area contributed by atoms with Gasteiger partial charge in [-0.05, 0) is 27.4 Å². The number of hydrogen-bond donors (Lipinski definition) is 0. The van der Waals surface area contributed by atoms with Crippen LogP contribution in [0, 0.1) is 0 Å². The maximum absolute atomic E-state index is 11.9. The van der Waals surface area contributed by atoms with E-state index < -0.39 is 5.92 Å². The molecule has 1 aromatic heterocycles. The number of carbonyl (C=O) groups is 1. The molecule has 0 aliphatic carbocycles. The number of carbonyl (C=O) groups excluding carboxylic acids is 1. The van der Waals surface area contributed by atoms with Gasteiger partial charge in [0.25, 0.3) is 0 Å². The summed E-state index contributed by atoms with van der Waals surface area (Å²) in [7, 11) is 4.13. The average Bonchev–Trinajstić information content (AvgIpc) is 2.92. The fraction of sp³-hybridized carbons (Fsp3) is 0.786. The molecule has 21 heavy (non-hydrogen) atoms. The van der Waals surface area contributed by atoms with Gasteiger partial charge in [0.15, 0.2) is 5.82 Å². The Bertz CT molecular complexity index is 477. The molecular weight excluding hydrogens is 272 g/mol. The van der Waals surface area contributed by atoms with Crippen molar-refractivity contribution in [2.75, 3.05) is 40.3 Å². The third-order valence-electron chi connectivity index (χ3n) is 3.88. The highest BCUT2D eigenvalue weighted by atomic mass is 16.5. The van der Waals surface area contributed by atoms with Gasteiger partial charge in [0.1, 0.15) is 5.92 Å². The molecule has 7 nitrogen and oxygen atoms in total. The van der Waals surface area contributed by atoms with Gasteiger partial charge < -0.3 is 14.2 Å². The van der Waals surface area contributed by atoms with Crippen molar-refractivity contribution in [1.82, 2.24) is 19.9 Å². The molecule has 2 heterocycles. The summed E-state index contributed by atoms with van der Waals surface area (Å²) in [6.07, 6.45) is 0.584. The van der Waals surface area contributed by atoms with E-state index in [0.717, 1.165) is 19.6 Å². The van der Waals surface area contributed by atoms with E-state index in [9.17, 15) is 4.79 Å². The normalized spacial score (nSPS) is 22.2. The summed E-state index contributed by atoms with van der Waals surface area (Å²) >= 11 is 0. The summed E-state index contributed by atoms with van der Waals surface area (Å²) in [4.78, 5) is 20.8. The Hall–Kier alpha value is -1.47. The van der Waals surface area contributed by atoms with Crippen molar-refractivity contribution in [1.29, 1.82) is 0 Å². The van der Waals surface area contributed by atoms with Crippen LogP contribution in [-0.4, -0.2) is 66.2 Å². The molecule has 1 saturated heterocycles. The maximum atomic E-state index is 11.9. The van der Waals surface area contributed by atoms with Gasteiger partial charge in [0.05, 0.1) is 12.6 Å². The lowest BCUT2D eigenvalue weighted by molar-refractivity contribution is -0.145. The number of piperazine rings is 1. The molecule has 0 spiro atoms. The average molecular weight is 296 g/mol. The van der Waals surface area contributed by atoms with Gasteiger partial charge in [-0.15, -0.1) is 0 Å². The van der Waals surface area contributed by atoms with E-state index in [1.165, 1.54) is 0 Å². The van der Waals surface area contributed by atoms with Gasteiger partial charge in [-0.1, -0.05) is 12.1 Å². The van der Waals surface area contributed by atoms with E-state index in [-0.39, 0.29) is 12.0 Å². The van der Waals surface area contributed by atoms with Crippen molar-refractivity contribution in [3.8, 4) is 0 Å². The van der Waals surface area contributed by atoms with Crippen LogP contribution >= 0.6 is 0 Å². The molecule has 1 aromatic rings. The van der Waals surface area contributed by atoms with Crippen molar-refractivity contribution in [2.45, 2.75) is 32.2 Å². The summed E-state index contributed by atoms with van der Waals surface area (Å²) in [6, 6.07) is 0.0981. The molecule has 0 saturated carbocycles. The van der Waals surface area contributed by atoms with E-state index in [4.69, 9.17) is 9.26 Å². The summed E-state index contributed by atoms with van der Waals surface area (Å²) in [5, 5.41) is 4.07. The van der Waals surface area contributed by atoms with Crippen LogP contribution in [0.15, 0.2) is 4.52 Å². The maximum Gasteiger partial charge on any atom is 0.318 e. The van der Waals surface area contributed by atoms with Crippen molar-refractivity contribution >= 4 is 5.97 Å². The number of aromatic nitrogens is 2. The third-order valence-corrected chi connectivity index (χ3v) is 3.88. The zero-order valence-corrected chi connectivity index (χ0v) is 13.2. The van der Waals surface area contributed by atoms with Gasteiger partial charge in [-0.2, -0.15) is 4.98 Å². The van der Waals surface area contributed by atoms with Crippen LogP contribution in [-0.2, 0) is 9.53 Å². The minimum atomic E-state index is -0.474. The fourth-order valence-electron chi connectivity index (χ4n) is 2.50. The summed E-state index contributed by atoms with van der Waals surface area (Å²) in [6.45, 7) is 6.89. The second-order valence-corrected chi connectivity index (χ2v) is 5.46. The quantitative estimate of drug-likeness (QED) is 0.752. The number of hydrogen-bond acceptors (Lipinski definition) is 7. The van der Waals surface area contributed by atoms with Gasteiger partial charge in [0.2, 0.25) is 5.89 Å². The topological polar surface area (TPSA) is 71.7 Å². The van der Waals surface area contributed by atoms with Crippen LogP contribution in [0.1, 0.15) is 43.9 Å². The molecule has 0 amide bonds. The number of rotatable bonds is 5. The number of likely N-dealkylation sites (N-methyl/N-ethyl adjacent to an activating group) is 2. The van der Waals surface area contributed by atoms with Gasteiger partial charge in [-0.3, -0.25) is 9.69 Å². The van der Waals surface area contributed by atoms with Crippen LogP contribution in [0.5, 0.6) is 0 Å². The van der Waals surface area contributed by atoms with Crippen LogP contribution in [0.3, 0.4) is 0 Å². The SMILES string of the molecule is CCOC(=O)C(CC)c1nc(C2CN(C)CCN2C)no1. The minimum absolute atomic E-state index is 0.0981. The Labute approximate surface area is 125 Å². The minimum Gasteiger partial charge on any atom is -0.465 e. The van der Waals surface area contributed by atoms with Gasteiger partial charge in [-0.25, -0.2) is 0 Å². The van der Waals surface area contributed by atoms with Crippen LogP contribution in [0.4, 0.5) is 0 Å². The lowest BCUT2D eigenvalue weighted by atomic mass is 10.1. The molecule has 0 bridgehead atoms. The fourth-order valence-corrected chi connectivity index (χ4v) is 2.50. The first-order valence-corrected chi connectivity index (χ1v) is 7.45. The molecule has 7 heteroatoms. The third kappa shape index (κ3) is 3.59. The van der Waals surface area contributed by atoms with Crippen LogP contribution < -0.4 is 0 Å². The molecule has 2 atom stereocenters. The zero-order valence-electron chi connectivity index (χ0n) is 13.2. The van der Waals surface area contributed by atoms with E-state index >= 15 is 0 Å². The van der Waals surface area contributed by atoms with Gasteiger partial charge in [0, 0.05) is 19.6 Å². The molecule has 0 radical (unpaired) electrons. The van der Waals surface area contributed by atoms with Crippen molar-refractivity contribution in [2.24, 2.45) is 0 Å². The first kappa shape index (κ1) is 15.9. The second-order valence-electron chi connectivity index (χ2n) is 5.46. The summed E-state index contributed by atoms with van der Waals surface area (Å²) < 4.78 is 10.4. The molecule has 1 aliphatic rings. The molecular formula is C14H24N4O3. The van der Waals surface area contributed by atoms with E-state index in [2.05, 4.69) is 34.0 Å². The Morgan fingerprint density at radius 3 is 2.86 bits per heavy atom. The van der Waals surface area contributed by atoms with Gasteiger partial charge >= 0.3 is 5.97 Å². The molecule has 1 fully saturated rings. The highest BCUT2D eigenvalue weighted by Gasteiger charge is 2.31. The standard InChI is InChI=1S/C14H24N4O3/c1-5-10(14(19)20-6-2)13-15-12(16-21-13)11-9-17(3)7-8-18(11)4/h10-11H,5-9H2,1-4H3. The zero-order chi connectivity index (χ0) is 15.4. The molecule has 0 N–H and O–H groups in total. The number of nitrogens with zero attached hydrogens (tertiary/aromatic N) is 4. The van der Waals surface area contributed by atoms with Crippen LogP contribution in [0.2, 0.25) is 0 Å². The molecule has 2 rings (SSSR count). The van der Waals surface area contributed by atoms with Crippen molar-refractivity contribution in [3.63, 3.8) is 0 Å². The highest BCUT2D eigenvalue weighted by molar-refractivity contribution is 5.76. The lowest BCUT2D eigenvalue weighted by Gasteiger charge is -2.35. The predicted molar refractivity (Wildman–Crippen MR) is 76.8 cm³/mol. The smallest absolute Gasteiger partial charge is 0.318 e. The highest BCUT2D eigenvalue weighted by Crippen LogP contribution is 2.25. The molecule has 1 aliphatic heterocycles. The van der Waals surface area contributed by atoms with Crippen LogP contribution in [0.25, 0.3) is 0 Å². The molecule has 118 valence electrons. The monoisotopic (exact) mass is 296 g/mol. The Morgan fingerprint density at radius 2 is 2.19 bits per heavy atom. The van der Waals surface area contributed by atoms with E-state index in [0.29, 0.717) is 24.7 Å². The van der Waals surface area contributed by atoms with Crippen molar-refractivity contribution < 1.29 is 14.1 Å². The lowest BCUT2D eigenvalue weighted by Crippen LogP contribution is -2.45. The Balaban J connectivity index is 2.14. The largest absolute Gasteiger partial charge is 0.465 e. The number of esters is 1. The Kier molecular flexibility index (Phi) is 5.30. The molecule has 0 aromatic carbocycles. The second kappa shape index (κ2) is 7.00. The number of ether oxygens (including phenoxy) is 1. The first-order chi connectivity index (χ1) is 10.1. The first-order valence-electron chi connectivity index (χ1n) is 7.45. The summed E-state index contributed by atoms with van der Waals surface area (Å²) in [5.41, 5.74) is 0. The van der Waals surface area contributed by atoms with E-state index in [1.807, 2.05) is 6.92 Å². The Morgan fingerprint density at radius 1 is 1.43 bits per heavy atom. The predicted octanol–water partition coefficient (Wildman–Crippen LogP) is 1.04. The molecule has 2 unspecified atom stereocenters. The summed E-state index contributed by atoms with van der Waals surface area (Å²) in [5.74, 6) is 0.219.